The Hall–Kier alpha value is -2.61. The van der Waals surface area contributed by atoms with Gasteiger partial charge in [0, 0.05) is 17.1 Å². The summed E-state index contributed by atoms with van der Waals surface area (Å²) in [6.07, 6.45) is -2.81. The summed E-state index contributed by atoms with van der Waals surface area (Å²) in [7, 11) is 0. The molecule has 0 bridgehead atoms. The summed E-state index contributed by atoms with van der Waals surface area (Å²) < 4.78 is 40.2. The lowest BCUT2D eigenvalue weighted by atomic mass is 10.00. The molecule has 8 heteroatoms. The van der Waals surface area contributed by atoms with Crippen molar-refractivity contribution in [1.82, 2.24) is 14.8 Å². The number of phenols is 1. The molecule has 0 unspecified atom stereocenters. The highest BCUT2D eigenvalue weighted by Gasteiger charge is 2.32. The minimum Gasteiger partial charge on any atom is -0.507 e. The molecule has 0 fully saturated rings. The van der Waals surface area contributed by atoms with Crippen molar-refractivity contribution in [2.45, 2.75) is 39.1 Å². The normalized spacial score (nSPS) is 12.7. The largest absolute Gasteiger partial charge is 0.507 e. The van der Waals surface area contributed by atoms with Crippen LogP contribution in [0.25, 0.3) is 22.3 Å². The summed E-state index contributed by atoms with van der Waals surface area (Å²) in [6, 6.07) is 5.02. The van der Waals surface area contributed by atoms with Gasteiger partial charge in [-0.15, -0.1) is 0 Å². The molecule has 0 saturated carbocycles. The van der Waals surface area contributed by atoms with Gasteiger partial charge >= 0.3 is 6.18 Å². The summed E-state index contributed by atoms with van der Waals surface area (Å²) in [4.78, 5) is 4.35. The predicted octanol–water partition coefficient (Wildman–Crippen LogP) is 3.90. The van der Waals surface area contributed by atoms with Crippen LogP contribution in [-0.2, 0) is 12.7 Å². The fourth-order valence-electron chi connectivity index (χ4n) is 2.83. The van der Waals surface area contributed by atoms with E-state index in [2.05, 4.69) is 10.1 Å². The molecule has 0 saturated heterocycles. The first-order chi connectivity index (χ1) is 11.9. The zero-order chi connectivity index (χ0) is 19.3. The molecular formula is C18H18F3N3O2. The Morgan fingerprint density at radius 3 is 2.42 bits per heavy atom. The lowest BCUT2D eigenvalue weighted by Gasteiger charge is -2.16. The van der Waals surface area contributed by atoms with Crippen molar-refractivity contribution in [2.24, 2.45) is 0 Å². The highest BCUT2D eigenvalue weighted by molar-refractivity contribution is 5.80. The monoisotopic (exact) mass is 365 g/mol. The van der Waals surface area contributed by atoms with Gasteiger partial charge in [-0.2, -0.15) is 18.3 Å². The molecule has 0 atom stereocenters. The van der Waals surface area contributed by atoms with Crippen LogP contribution in [0.3, 0.4) is 0 Å². The van der Waals surface area contributed by atoms with Gasteiger partial charge < -0.3 is 10.2 Å². The number of hydrogen-bond donors (Lipinski definition) is 2. The van der Waals surface area contributed by atoms with Gasteiger partial charge in [-0.25, -0.2) is 4.98 Å². The van der Waals surface area contributed by atoms with E-state index in [9.17, 15) is 23.4 Å². The molecule has 0 radical (unpaired) electrons. The number of hydrogen-bond acceptors (Lipinski definition) is 4. The van der Waals surface area contributed by atoms with Gasteiger partial charge in [-0.1, -0.05) is 0 Å². The van der Waals surface area contributed by atoms with Crippen LogP contribution in [-0.4, -0.2) is 30.6 Å². The quantitative estimate of drug-likeness (QED) is 0.738. The Morgan fingerprint density at radius 2 is 1.85 bits per heavy atom. The number of alkyl halides is 3. The maximum absolute atomic E-state index is 12.9. The number of halogens is 3. The number of rotatable bonds is 3. The van der Waals surface area contributed by atoms with E-state index >= 15 is 0 Å². The van der Waals surface area contributed by atoms with Gasteiger partial charge in [0.15, 0.2) is 5.65 Å². The van der Waals surface area contributed by atoms with Crippen molar-refractivity contribution in [3.05, 3.63) is 41.6 Å². The van der Waals surface area contributed by atoms with Crippen molar-refractivity contribution < 1.29 is 23.4 Å². The fourth-order valence-corrected chi connectivity index (χ4v) is 2.83. The molecule has 0 aliphatic rings. The SMILES string of the molecule is Cc1cc(C(F)(F)F)cc(O)c1-c1ccc2cn(CC(C)(C)O)nc2n1. The molecule has 2 heterocycles. The van der Waals surface area contributed by atoms with E-state index in [1.165, 1.54) is 6.92 Å². The number of benzene rings is 1. The van der Waals surface area contributed by atoms with Gasteiger partial charge in [0.2, 0.25) is 0 Å². The average molecular weight is 365 g/mol. The number of fused-ring (bicyclic) bond motifs is 1. The van der Waals surface area contributed by atoms with E-state index in [1.54, 1.807) is 36.9 Å². The highest BCUT2D eigenvalue weighted by Crippen LogP contribution is 2.38. The van der Waals surface area contributed by atoms with Crippen LogP contribution in [0.2, 0.25) is 0 Å². The summed E-state index contributed by atoms with van der Waals surface area (Å²) in [5.41, 5.74) is -0.656. The second-order valence-corrected chi connectivity index (χ2v) is 6.93. The summed E-state index contributed by atoms with van der Waals surface area (Å²) in [6.45, 7) is 5.07. The van der Waals surface area contributed by atoms with Crippen molar-refractivity contribution in [3.63, 3.8) is 0 Å². The molecule has 26 heavy (non-hydrogen) atoms. The number of pyridine rings is 1. The molecule has 3 aromatic rings. The second kappa shape index (κ2) is 5.98. The topological polar surface area (TPSA) is 71.2 Å². The number of aliphatic hydroxyl groups is 1. The van der Waals surface area contributed by atoms with Crippen molar-refractivity contribution >= 4 is 11.0 Å². The lowest BCUT2D eigenvalue weighted by Crippen LogP contribution is -2.26. The van der Waals surface area contributed by atoms with Crippen molar-refractivity contribution in [1.29, 1.82) is 0 Å². The van der Waals surface area contributed by atoms with E-state index < -0.39 is 23.1 Å². The zero-order valence-corrected chi connectivity index (χ0v) is 14.5. The lowest BCUT2D eigenvalue weighted by molar-refractivity contribution is -0.137. The predicted molar refractivity (Wildman–Crippen MR) is 90.7 cm³/mol. The molecule has 0 amide bonds. The van der Waals surface area contributed by atoms with Gasteiger partial charge in [-0.3, -0.25) is 4.68 Å². The first-order valence-corrected chi connectivity index (χ1v) is 7.92. The first-order valence-electron chi connectivity index (χ1n) is 7.92. The first kappa shape index (κ1) is 18.2. The van der Waals surface area contributed by atoms with Crippen molar-refractivity contribution in [3.8, 4) is 17.0 Å². The Bertz CT molecular complexity index is 949. The molecule has 2 aromatic heterocycles. The molecular weight excluding hydrogens is 347 g/mol. The van der Waals surface area contributed by atoms with Crippen LogP contribution in [0.15, 0.2) is 30.5 Å². The second-order valence-electron chi connectivity index (χ2n) is 6.93. The van der Waals surface area contributed by atoms with E-state index in [0.717, 1.165) is 11.5 Å². The Labute approximate surface area is 147 Å². The third-order valence-corrected chi connectivity index (χ3v) is 3.86. The molecule has 138 valence electrons. The third kappa shape index (κ3) is 3.65. The maximum atomic E-state index is 12.9. The van der Waals surface area contributed by atoms with Crippen LogP contribution in [0.1, 0.15) is 25.0 Å². The third-order valence-electron chi connectivity index (χ3n) is 3.86. The molecule has 1 aromatic carbocycles. The number of phenolic OH excluding ortho intramolecular Hbond substituents is 1. The molecule has 3 rings (SSSR count). The van der Waals surface area contributed by atoms with Gasteiger partial charge in [0.25, 0.3) is 0 Å². The number of aryl methyl sites for hydroxylation is 1. The minimum absolute atomic E-state index is 0.233. The molecule has 0 spiro atoms. The summed E-state index contributed by atoms with van der Waals surface area (Å²) in [5.74, 6) is -0.486. The molecule has 0 aliphatic heterocycles. The summed E-state index contributed by atoms with van der Waals surface area (Å²) >= 11 is 0. The van der Waals surface area contributed by atoms with E-state index in [-0.39, 0.29) is 17.7 Å². The van der Waals surface area contributed by atoms with Crippen LogP contribution in [0.4, 0.5) is 13.2 Å². The number of aromatic nitrogens is 3. The molecule has 2 N–H and O–H groups in total. The summed E-state index contributed by atoms with van der Waals surface area (Å²) in [5, 5.41) is 25.0. The minimum atomic E-state index is -4.53. The number of nitrogens with zero attached hydrogens (tertiary/aromatic N) is 3. The Kier molecular flexibility index (Phi) is 4.18. The Balaban J connectivity index is 2.06. The van der Waals surface area contributed by atoms with Crippen LogP contribution < -0.4 is 0 Å². The van der Waals surface area contributed by atoms with Crippen LogP contribution >= 0.6 is 0 Å². The standard InChI is InChI=1S/C18H18F3N3O2/c1-10-6-12(18(19,20)21)7-14(25)15(10)13-5-4-11-8-24(9-17(2,3)26)23-16(11)22-13/h4-8,25-26H,9H2,1-3H3. The fraction of sp³-hybridized carbons (Fsp3) is 0.333. The number of aromatic hydroxyl groups is 1. The van der Waals surface area contributed by atoms with Gasteiger partial charge in [-0.05, 0) is 50.6 Å². The van der Waals surface area contributed by atoms with Gasteiger partial charge in [0.1, 0.15) is 5.75 Å². The van der Waals surface area contributed by atoms with E-state index in [4.69, 9.17) is 0 Å². The van der Waals surface area contributed by atoms with Crippen molar-refractivity contribution in [2.75, 3.05) is 0 Å². The van der Waals surface area contributed by atoms with E-state index in [0.29, 0.717) is 17.4 Å². The highest BCUT2D eigenvalue weighted by atomic mass is 19.4. The van der Waals surface area contributed by atoms with E-state index in [1.807, 2.05) is 0 Å². The van der Waals surface area contributed by atoms with Crippen LogP contribution in [0.5, 0.6) is 5.75 Å². The Morgan fingerprint density at radius 1 is 1.15 bits per heavy atom. The maximum Gasteiger partial charge on any atom is 0.416 e. The molecule has 0 aliphatic carbocycles. The van der Waals surface area contributed by atoms with Gasteiger partial charge in [0.05, 0.1) is 23.4 Å². The van der Waals surface area contributed by atoms with Crippen LogP contribution in [0, 0.1) is 6.92 Å². The molecule has 5 nitrogen and oxygen atoms in total. The smallest absolute Gasteiger partial charge is 0.416 e. The average Bonchev–Trinajstić information content (AvgIpc) is 2.84. The zero-order valence-electron chi connectivity index (χ0n) is 14.5.